The zero-order chi connectivity index (χ0) is 14.0. The van der Waals surface area contributed by atoms with Gasteiger partial charge in [-0.1, -0.05) is 40.9 Å². The van der Waals surface area contributed by atoms with Gasteiger partial charge in [0.25, 0.3) is 0 Å². The molecule has 0 aliphatic heterocycles. The normalized spacial score (nSPS) is 12.4. The highest BCUT2D eigenvalue weighted by Crippen LogP contribution is 2.29. The minimum absolute atomic E-state index is 0.216. The van der Waals surface area contributed by atoms with Crippen molar-refractivity contribution >= 4 is 51.3 Å². The first-order chi connectivity index (χ1) is 8.99. The third-order valence-electron chi connectivity index (χ3n) is 2.52. The van der Waals surface area contributed by atoms with Gasteiger partial charge in [-0.25, -0.2) is 0 Å². The minimum atomic E-state index is -1.38. The standard InChI is InChI=1S/C13H10Cl3NOS/c14-9-4-5-10(15)8(6-9)7-19(18)13-11(16)2-1-3-12(13)17/h1-6H,7,17H2. The molecule has 100 valence electrons. The molecule has 0 aliphatic rings. The van der Waals surface area contributed by atoms with Crippen molar-refractivity contribution in [1.82, 2.24) is 0 Å². The van der Waals surface area contributed by atoms with Crippen LogP contribution in [0.2, 0.25) is 15.1 Å². The van der Waals surface area contributed by atoms with Gasteiger partial charge in [-0.2, -0.15) is 0 Å². The van der Waals surface area contributed by atoms with Gasteiger partial charge >= 0.3 is 0 Å². The highest BCUT2D eigenvalue weighted by atomic mass is 35.5. The van der Waals surface area contributed by atoms with Crippen LogP contribution in [0.15, 0.2) is 41.3 Å². The molecule has 0 amide bonds. The van der Waals surface area contributed by atoms with Gasteiger partial charge in [0.15, 0.2) is 0 Å². The van der Waals surface area contributed by atoms with Crippen molar-refractivity contribution in [2.24, 2.45) is 0 Å². The number of hydrogen-bond donors (Lipinski definition) is 1. The van der Waals surface area contributed by atoms with Gasteiger partial charge in [0.1, 0.15) is 0 Å². The summed E-state index contributed by atoms with van der Waals surface area (Å²) in [5.41, 5.74) is 6.91. The molecule has 0 radical (unpaired) electrons. The summed E-state index contributed by atoms with van der Waals surface area (Å²) in [6, 6.07) is 10.1. The monoisotopic (exact) mass is 333 g/mol. The van der Waals surface area contributed by atoms with Gasteiger partial charge in [0, 0.05) is 15.7 Å². The van der Waals surface area contributed by atoms with Crippen LogP contribution in [0.4, 0.5) is 5.69 Å². The number of nitrogen functional groups attached to an aromatic ring is 1. The average molecular weight is 335 g/mol. The van der Waals surface area contributed by atoms with E-state index in [1.54, 1.807) is 36.4 Å². The van der Waals surface area contributed by atoms with E-state index in [1.165, 1.54) is 0 Å². The molecule has 2 nitrogen and oxygen atoms in total. The molecule has 19 heavy (non-hydrogen) atoms. The zero-order valence-electron chi connectivity index (χ0n) is 9.70. The first kappa shape index (κ1) is 14.7. The maximum atomic E-state index is 12.4. The Kier molecular flexibility index (Phi) is 4.74. The Morgan fingerprint density at radius 3 is 2.47 bits per heavy atom. The van der Waals surface area contributed by atoms with Crippen LogP contribution in [0.25, 0.3) is 0 Å². The molecule has 0 fully saturated rings. The summed E-state index contributed by atoms with van der Waals surface area (Å²) in [5.74, 6) is 0.216. The number of hydrogen-bond acceptors (Lipinski definition) is 2. The molecule has 0 aromatic heterocycles. The second-order valence-corrected chi connectivity index (χ2v) is 6.52. The Bertz CT molecular complexity index is 626. The van der Waals surface area contributed by atoms with E-state index in [4.69, 9.17) is 40.5 Å². The van der Waals surface area contributed by atoms with Crippen LogP contribution in [-0.4, -0.2) is 4.21 Å². The fourth-order valence-electron chi connectivity index (χ4n) is 1.63. The quantitative estimate of drug-likeness (QED) is 0.838. The Hall–Kier alpha value is -0.740. The lowest BCUT2D eigenvalue weighted by Crippen LogP contribution is -2.02. The highest BCUT2D eigenvalue weighted by Gasteiger charge is 2.14. The highest BCUT2D eigenvalue weighted by molar-refractivity contribution is 7.84. The lowest BCUT2D eigenvalue weighted by Gasteiger charge is -2.09. The molecule has 0 saturated carbocycles. The zero-order valence-corrected chi connectivity index (χ0v) is 12.8. The van der Waals surface area contributed by atoms with Crippen LogP contribution < -0.4 is 5.73 Å². The van der Waals surface area contributed by atoms with Gasteiger partial charge in [0.2, 0.25) is 0 Å². The van der Waals surface area contributed by atoms with Crippen LogP contribution in [0.5, 0.6) is 0 Å². The Morgan fingerprint density at radius 2 is 1.79 bits per heavy atom. The van der Waals surface area contributed by atoms with Crippen LogP contribution in [0.3, 0.4) is 0 Å². The van der Waals surface area contributed by atoms with Crippen LogP contribution in [-0.2, 0) is 16.6 Å². The molecule has 0 aliphatic carbocycles. The number of anilines is 1. The number of rotatable bonds is 3. The Labute approximate surface area is 128 Å². The topological polar surface area (TPSA) is 43.1 Å². The van der Waals surface area contributed by atoms with E-state index < -0.39 is 10.8 Å². The first-order valence-electron chi connectivity index (χ1n) is 5.35. The van der Waals surface area contributed by atoms with E-state index in [0.29, 0.717) is 31.2 Å². The van der Waals surface area contributed by atoms with E-state index in [9.17, 15) is 4.21 Å². The van der Waals surface area contributed by atoms with Crippen molar-refractivity contribution in [3.63, 3.8) is 0 Å². The van der Waals surface area contributed by atoms with E-state index in [0.717, 1.165) is 0 Å². The SMILES string of the molecule is Nc1cccc(Cl)c1S(=O)Cc1cc(Cl)ccc1Cl. The smallest absolute Gasteiger partial charge is 0.0806 e. The third kappa shape index (κ3) is 3.42. The van der Waals surface area contributed by atoms with Crippen molar-refractivity contribution in [3.8, 4) is 0 Å². The van der Waals surface area contributed by atoms with Gasteiger partial charge in [-0.3, -0.25) is 4.21 Å². The van der Waals surface area contributed by atoms with E-state index >= 15 is 0 Å². The molecule has 2 N–H and O–H groups in total. The molecule has 0 spiro atoms. The van der Waals surface area contributed by atoms with E-state index in [1.807, 2.05) is 0 Å². The molecule has 6 heteroatoms. The van der Waals surface area contributed by atoms with Crippen LogP contribution in [0, 0.1) is 0 Å². The summed E-state index contributed by atoms with van der Waals surface area (Å²) in [6.07, 6.45) is 0. The Balaban J connectivity index is 2.34. The summed E-state index contributed by atoms with van der Waals surface area (Å²) < 4.78 is 12.4. The van der Waals surface area contributed by atoms with Crippen molar-refractivity contribution < 1.29 is 4.21 Å². The summed E-state index contributed by atoms with van der Waals surface area (Å²) >= 11 is 18.0. The van der Waals surface area contributed by atoms with Gasteiger partial charge < -0.3 is 5.73 Å². The number of halogens is 3. The van der Waals surface area contributed by atoms with Crippen molar-refractivity contribution in [3.05, 3.63) is 57.0 Å². The average Bonchev–Trinajstić information content (AvgIpc) is 2.33. The van der Waals surface area contributed by atoms with E-state index in [2.05, 4.69) is 0 Å². The molecular formula is C13H10Cl3NOS. The minimum Gasteiger partial charge on any atom is -0.398 e. The van der Waals surface area contributed by atoms with Crippen molar-refractivity contribution in [2.75, 3.05) is 5.73 Å². The molecule has 1 unspecified atom stereocenters. The van der Waals surface area contributed by atoms with Crippen molar-refractivity contribution in [2.45, 2.75) is 10.6 Å². The Morgan fingerprint density at radius 1 is 1.05 bits per heavy atom. The second kappa shape index (κ2) is 6.14. The van der Waals surface area contributed by atoms with E-state index in [-0.39, 0.29) is 5.75 Å². The van der Waals surface area contributed by atoms with Gasteiger partial charge in [0.05, 0.1) is 26.5 Å². The predicted octanol–water partition coefficient (Wildman–Crippen LogP) is 4.54. The fraction of sp³-hybridized carbons (Fsp3) is 0.0769. The second-order valence-electron chi connectivity index (χ2n) is 3.88. The summed E-state index contributed by atoms with van der Waals surface area (Å²) in [6.45, 7) is 0. The number of benzene rings is 2. The van der Waals surface area contributed by atoms with Crippen molar-refractivity contribution in [1.29, 1.82) is 0 Å². The van der Waals surface area contributed by atoms with Crippen LogP contribution >= 0.6 is 34.8 Å². The summed E-state index contributed by atoms with van der Waals surface area (Å²) in [7, 11) is -1.38. The number of nitrogens with two attached hydrogens (primary N) is 1. The largest absolute Gasteiger partial charge is 0.398 e. The summed E-state index contributed by atoms with van der Waals surface area (Å²) in [5, 5.41) is 1.45. The maximum absolute atomic E-state index is 12.4. The van der Waals surface area contributed by atoms with Gasteiger partial charge in [-0.05, 0) is 35.9 Å². The molecule has 2 aromatic carbocycles. The van der Waals surface area contributed by atoms with Crippen LogP contribution in [0.1, 0.15) is 5.56 Å². The molecule has 2 rings (SSSR count). The molecule has 0 saturated heterocycles. The molecule has 0 bridgehead atoms. The summed E-state index contributed by atoms with van der Waals surface area (Å²) in [4.78, 5) is 0.431. The third-order valence-corrected chi connectivity index (χ3v) is 5.03. The first-order valence-corrected chi connectivity index (χ1v) is 7.80. The lowest BCUT2D eigenvalue weighted by atomic mass is 10.2. The molecule has 1 atom stereocenters. The molecule has 2 aromatic rings. The van der Waals surface area contributed by atoms with Gasteiger partial charge in [-0.15, -0.1) is 0 Å². The fourth-order valence-corrected chi connectivity index (χ4v) is 3.81. The molecule has 0 heterocycles. The molecular weight excluding hydrogens is 325 g/mol. The predicted molar refractivity (Wildman–Crippen MR) is 82.4 cm³/mol. The lowest BCUT2D eigenvalue weighted by molar-refractivity contribution is 0.683. The maximum Gasteiger partial charge on any atom is 0.0806 e.